The summed E-state index contributed by atoms with van der Waals surface area (Å²) in [6.45, 7) is 5.89. The van der Waals surface area contributed by atoms with E-state index in [-0.39, 0.29) is 22.9 Å². The minimum atomic E-state index is -0.586. The molecule has 6 aromatic rings. The van der Waals surface area contributed by atoms with Gasteiger partial charge in [0.25, 0.3) is 11.5 Å². The molecule has 4 aromatic heterocycles. The second-order valence-electron chi connectivity index (χ2n) is 10.7. The molecule has 0 unspecified atom stereocenters. The van der Waals surface area contributed by atoms with Crippen LogP contribution in [0.1, 0.15) is 65.6 Å². The Morgan fingerprint density at radius 2 is 1.81 bits per heavy atom. The van der Waals surface area contributed by atoms with Gasteiger partial charge in [0.05, 0.1) is 23.2 Å². The fourth-order valence-corrected chi connectivity index (χ4v) is 5.12. The highest BCUT2D eigenvalue weighted by Crippen LogP contribution is 2.25. The van der Waals surface area contributed by atoms with Crippen LogP contribution in [0, 0.1) is 11.8 Å². The Bertz CT molecular complexity index is 2130. The molecule has 3 N–H and O–H groups in total. The van der Waals surface area contributed by atoms with Gasteiger partial charge in [0.1, 0.15) is 5.56 Å². The van der Waals surface area contributed by atoms with Crippen LogP contribution in [0.3, 0.4) is 0 Å². The average Bonchev–Trinajstić information content (AvgIpc) is 3.56. The summed E-state index contributed by atoms with van der Waals surface area (Å²) >= 11 is 0. The molecule has 214 valence electrons. The first-order valence-corrected chi connectivity index (χ1v) is 13.9. The highest BCUT2D eigenvalue weighted by Gasteiger charge is 2.24. The van der Waals surface area contributed by atoms with Crippen LogP contribution >= 0.6 is 0 Å². The number of aryl methyl sites for hydroxylation is 1. The number of hydrogen-bond donors (Lipinski definition) is 2. The predicted octanol–water partition coefficient (Wildman–Crippen LogP) is 4.36. The Balaban J connectivity index is 1.46. The number of amides is 1. The number of aromatic nitrogens is 6. The van der Waals surface area contributed by atoms with E-state index in [0.717, 1.165) is 11.3 Å². The fourth-order valence-electron chi connectivity index (χ4n) is 5.12. The topological polar surface area (TPSA) is 125 Å². The molecule has 2 aromatic carbocycles. The van der Waals surface area contributed by atoms with Crippen molar-refractivity contribution >= 4 is 28.1 Å². The van der Waals surface area contributed by atoms with Crippen LogP contribution in [0.25, 0.3) is 22.1 Å². The zero-order valence-electron chi connectivity index (χ0n) is 24.2. The zero-order chi connectivity index (χ0) is 30.2. The number of nitrogens with two attached hydrogens (primary N) is 1. The van der Waals surface area contributed by atoms with Gasteiger partial charge in [-0.2, -0.15) is 5.10 Å². The lowest BCUT2D eigenvalue weighted by Crippen LogP contribution is -2.32. The second kappa shape index (κ2) is 10.9. The maximum Gasteiger partial charge on any atom is 0.264 e. The van der Waals surface area contributed by atoms with Gasteiger partial charge >= 0.3 is 0 Å². The number of nitrogens with zero attached hydrogens (tertiary/aromatic N) is 6. The van der Waals surface area contributed by atoms with Crippen molar-refractivity contribution in [1.82, 2.24) is 34.3 Å². The van der Waals surface area contributed by atoms with Gasteiger partial charge in [0.2, 0.25) is 0 Å². The Morgan fingerprint density at radius 3 is 2.53 bits per heavy atom. The lowest BCUT2D eigenvalue weighted by atomic mass is 10.0. The first-order chi connectivity index (χ1) is 20.7. The summed E-state index contributed by atoms with van der Waals surface area (Å²) in [5.41, 5.74) is 9.96. The number of pyridine rings is 1. The molecule has 43 heavy (non-hydrogen) atoms. The Kier molecular flexibility index (Phi) is 7.00. The number of anilines is 1. The van der Waals surface area contributed by atoms with Gasteiger partial charge in [0, 0.05) is 42.1 Å². The van der Waals surface area contributed by atoms with Crippen molar-refractivity contribution in [3.05, 3.63) is 118 Å². The highest BCUT2D eigenvalue weighted by atomic mass is 16.2. The number of para-hydroxylation sites is 1. The summed E-state index contributed by atoms with van der Waals surface area (Å²) in [4.78, 5) is 32.6. The lowest BCUT2D eigenvalue weighted by Gasteiger charge is -2.21. The summed E-state index contributed by atoms with van der Waals surface area (Å²) in [5.74, 6) is 6.07. The molecular weight excluding hydrogens is 540 g/mol. The van der Waals surface area contributed by atoms with Crippen molar-refractivity contribution in [2.75, 3.05) is 5.73 Å². The van der Waals surface area contributed by atoms with Crippen LogP contribution in [0.5, 0.6) is 0 Å². The molecule has 0 saturated carbocycles. The minimum Gasteiger partial charge on any atom is -0.381 e. The van der Waals surface area contributed by atoms with Gasteiger partial charge in [-0.25, -0.2) is 9.50 Å². The van der Waals surface area contributed by atoms with E-state index in [1.807, 2.05) is 94.7 Å². The molecule has 0 radical (unpaired) electrons. The van der Waals surface area contributed by atoms with E-state index in [4.69, 9.17) is 5.73 Å². The molecule has 1 amide bonds. The first-order valence-electron chi connectivity index (χ1n) is 13.9. The van der Waals surface area contributed by atoms with Crippen LogP contribution in [-0.2, 0) is 7.05 Å². The van der Waals surface area contributed by atoms with Crippen LogP contribution in [0.15, 0.2) is 84.0 Å². The molecule has 0 fully saturated rings. The maximum atomic E-state index is 14.3. The zero-order valence-corrected chi connectivity index (χ0v) is 24.2. The van der Waals surface area contributed by atoms with Gasteiger partial charge in [-0.1, -0.05) is 56.0 Å². The first kappa shape index (κ1) is 27.5. The summed E-state index contributed by atoms with van der Waals surface area (Å²) < 4.78 is 4.80. The molecule has 0 saturated heterocycles. The standard InChI is InChI=1S/C33H30N8O2/c1-20(2)26-15-16-40-31(37-26)29(30(34)38-40)32(42)36-21(3)27-17-24-10-8-9-23(14-13-22-18-35-39(4)19-22)28(24)33(43)41(27)25-11-6-5-7-12-25/h5-12,15-21H,1-4H3,(H2,34,38)(H,36,42)/t21-/m0/s1. The van der Waals surface area contributed by atoms with E-state index in [1.165, 1.54) is 4.52 Å². The van der Waals surface area contributed by atoms with Gasteiger partial charge < -0.3 is 11.1 Å². The largest absolute Gasteiger partial charge is 0.381 e. The summed E-state index contributed by atoms with van der Waals surface area (Å²) in [6.07, 6.45) is 5.25. The number of nitrogen functional groups attached to an aromatic ring is 1. The van der Waals surface area contributed by atoms with E-state index in [0.29, 0.717) is 33.4 Å². The monoisotopic (exact) mass is 570 g/mol. The molecule has 6 rings (SSSR count). The van der Waals surface area contributed by atoms with Crippen molar-refractivity contribution in [2.45, 2.75) is 32.7 Å². The van der Waals surface area contributed by atoms with E-state index in [9.17, 15) is 9.59 Å². The van der Waals surface area contributed by atoms with E-state index >= 15 is 0 Å². The number of benzene rings is 2. The van der Waals surface area contributed by atoms with Gasteiger partial charge in [-0.15, -0.1) is 5.10 Å². The van der Waals surface area contributed by atoms with Crippen LogP contribution < -0.4 is 16.6 Å². The predicted molar refractivity (Wildman–Crippen MR) is 166 cm³/mol. The number of nitrogens with one attached hydrogen (secondary N) is 1. The molecule has 0 aliphatic carbocycles. The van der Waals surface area contributed by atoms with Crippen LogP contribution in [-0.4, -0.2) is 34.9 Å². The molecule has 0 spiro atoms. The van der Waals surface area contributed by atoms with Gasteiger partial charge in [-0.05, 0) is 48.6 Å². The maximum absolute atomic E-state index is 14.3. The molecule has 0 bridgehead atoms. The number of carbonyl (C=O) groups excluding carboxylic acids is 1. The third-order valence-electron chi connectivity index (χ3n) is 7.28. The van der Waals surface area contributed by atoms with Crippen molar-refractivity contribution in [2.24, 2.45) is 7.05 Å². The number of hydrogen-bond acceptors (Lipinski definition) is 6. The summed E-state index contributed by atoms with van der Waals surface area (Å²) in [5, 5.41) is 12.7. The summed E-state index contributed by atoms with van der Waals surface area (Å²) in [7, 11) is 1.83. The highest BCUT2D eigenvalue weighted by molar-refractivity contribution is 6.04. The quantitative estimate of drug-likeness (QED) is 0.297. The SMILES string of the molecule is CC(C)c1ccn2nc(N)c(C(=O)N[C@@H](C)c3cc4cccc(C#Cc5cnn(C)c5)c4c(=O)n3-c3ccccc3)c2n1. The van der Waals surface area contributed by atoms with E-state index in [2.05, 4.69) is 32.3 Å². The molecule has 0 aliphatic heterocycles. The third kappa shape index (κ3) is 5.13. The number of rotatable bonds is 5. The molecule has 1 atom stereocenters. The van der Waals surface area contributed by atoms with Crippen LogP contribution in [0.2, 0.25) is 0 Å². The molecular formula is C33H30N8O2. The lowest BCUT2D eigenvalue weighted by molar-refractivity contribution is 0.0941. The molecule has 10 heteroatoms. The Morgan fingerprint density at radius 1 is 1.02 bits per heavy atom. The summed E-state index contributed by atoms with van der Waals surface area (Å²) in [6, 6.07) is 18.1. The smallest absolute Gasteiger partial charge is 0.264 e. The fraction of sp³-hybridized carbons (Fsp3) is 0.182. The van der Waals surface area contributed by atoms with E-state index < -0.39 is 11.9 Å². The van der Waals surface area contributed by atoms with E-state index in [1.54, 1.807) is 21.6 Å². The number of fused-ring (bicyclic) bond motifs is 2. The third-order valence-corrected chi connectivity index (χ3v) is 7.28. The second-order valence-corrected chi connectivity index (χ2v) is 10.7. The van der Waals surface area contributed by atoms with Crippen LogP contribution in [0.4, 0.5) is 5.82 Å². The van der Waals surface area contributed by atoms with Crippen molar-refractivity contribution in [3.8, 4) is 17.5 Å². The van der Waals surface area contributed by atoms with Crippen molar-refractivity contribution in [1.29, 1.82) is 0 Å². The molecule has 0 aliphatic rings. The average molecular weight is 571 g/mol. The molecule has 10 nitrogen and oxygen atoms in total. The minimum absolute atomic E-state index is 0.0777. The van der Waals surface area contributed by atoms with Gasteiger partial charge in [0.15, 0.2) is 11.5 Å². The van der Waals surface area contributed by atoms with Gasteiger partial charge in [-0.3, -0.25) is 18.8 Å². The Hall–Kier alpha value is -5.69. The number of carbonyl (C=O) groups is 1. The Labute approximate surface area is 247 Å². The molecule has 4 heterocycles. The van der Waals surface area contributed by atoms with Crippen molar-refractivity contribution in [3.63, 3.8) is 0 Å². The normalized spacial score (nSPS) is 11.9. The van der Waals surface area contributed by atoms with Crippen molar-refractivity contribution < 1.29 is 4.79 Å².